The molecule has 220 valence electrons. The first-order valence-corrected chi connectivity index (χ1v) is 15.2. The number of halogens is 5. The Bertz CT molecular complexity index is 1820. The maximum absolute atomic E-state index is 13.9. The van der Waals surface area contributed by atoms with Gasteiger partial charge in [0.15, 0.2) is 0 Å². The number of thioether (sulfide) groups is 1. The van der Waals surface area contributed by atoms with Gasteiger partial charge in [-0.05, 0) is 60.2 Å². The lowest BCUT2D eigenvalue weighted by Gasteiger charge is -2.30. The van der Waals surface area contributed by atoms with Crippen LogP contribution in [0.15, 0.2) is 87.1 Å². The first-order chi connectivity index (χ1) is 20.4. The van der Waals surface area contributed by atoms with Crippen LogP contribution < -0.4 is 15.1 Å². The molecule has 43 heavy (non-hydrogen) atoms. The third kappa shape index (κ3) is 5.43. The molecule has 2 aliphatic heterocycles. The van der Waals surface area contributed by atoms with Crippen LogP contribution in [0.2, 0.25) is 0 Å². The van der Waals surface area contributed by atoms with Crippen LogP contribution in [0.1, 0.15) is 21.9 Å². The van der Waals surface area contributed by atoms with Crippen LogP contribution in [0.5, 0.6) is 0 Å². The summed E-state index contributed by atoms with van der Waals surface area (Å²) >= 11 is 5.16. The number of rotatable bonds is 5. The lowest BCUT2D eigenvalue weighted by atomic mass is 9.83. The van der Waals surface area contributed by atoms with Crippen molar-refractivity contribution in [3.05, 3.63) is 109 Å². The van der Waals surface area contributed by atoms with Crippen LogP contribution in [-0.2, 0) is 27.1 Å². The Labute approximate surface area is 257 Å². The van der Waals surface area contributed by atoms with E-state index in [-0.39, 0.29) is 5.69 Å². The molecule has 3 heterocycles. The van der Waals surface area contributed by atoms with Crippen molar-refractivity contribution >= 4 is 68.1 Å². The van der Waals surface area contributed by atoms with E-state index in [4.69, 9.17) is 0 Å². The molecule has 6 rings (SSSR count). The van der Waals surface area contributed by atoms with Gasteiger partial charge in [0.25, 0.3) is 0 Å². The maximum atomic E-state index is 13.9. The van der Waals surface area contributed by atoms with Gasteiger partial charge >= 0.3 is 11.0 Å². The van der Waals surface area contributed by atoms with E-state index in [2.05, 4.69) is 21.2 Å². The number of carbonyl (C=O) groups excluding carboxylic acids is 3. The monoisotopic (exact) mass is 691 g/mol. The second kappa shape index (κ2) is 11.1. The Kier molecular flexibility index (Phi) is 7.55. The fourth-order valence-corrected chi connectivity index (χ4v) is 8.28. The summed E-state index contributed by atoms with van der Waals surface area (Å²) in [5.41, 5.74) is -0.264. The number of hydrogen-bond acceptors (Lipinski definition) is 6. The van der Waals surface area contributed by atoms with Crippen LogP contribution in [0.3, 0.4) is 0 Å². The first kappa shape index (κ1) is 29.3. The third-order valence-corrected chi connectivity index (χ3v) is 10.3. The van der Waals surface area contributed by atoms with Crippen molar-refractivity contribution in [3.8, 4) is 0 Å². The van der Waals surface area contributed by atoms with E-state index in [1.807, 2.05) is 0 Å². The topological polar surface area (TPSA) is 88.5 Å². The van der Waals surface area contributed by atoms with Gasteiger partial charge in [0.05, 0.1) is 22.2 Å². The number of benzene rings is 3. The summed E-state index contributed by atoms with van der Waals surface area (Å²) in [6, 6.07) is 16.1. The van der Waals surface area contributed by atoms with E-state index in [1.54, 1.807) is 24.3 Å². The van der Waals surface area contributed by atoms with Crippen molar-refractivity contribution in [2.24, 2.45) is 5.92 Å². The Morgan fingerprint density at radius 2 is 1.65 bits per heavy atom. The molecule has 2 aliphatic rings. The molecule has 0 aliphatic carbocycles. The number of aromatic nitrogens is 1. The van der Waals surface area contributed by atoms with Crippen LogP contribution >= 0.6 is 39.0 Å². The molecule has 3 aromatic carbocycles. The van der Waals surface area contributed by atoms with E-state index >= 15 is 0 Å². The van der Waals surface area contributed by atoms with Crippen molar-refractivity contribution < 1.29 is 31.9 Å². The van der Waals surface area contributed by atoms with Crippen LogP contribution in [-0.4, -0.2) is 27.5 Å². The van der Waals surface area contributed by atoms with Crippen LogP contribution in [0.4, 0.5) is 28.9 Å². The van der Waals surface area contributed by atoms with E-state index < -0.39 is 63.8 Å². The number of imide groups is 1. The highest BCUT2D eigenvalue weighted by Gasteiger charge is 2.57. The summed E-state index contributed by atoms with van der Waals surface area (Å²) in [6.45, 7) is -0.418. The first-order valence-electron chi connectivity index (χ1n) is 12.7. The highest BCUT2D eigenvalue weighted by Crippen LogP contribution is 2.54. The molecule has 3 amide bonds. The smallest absolute Gasteiger partial charge is 0.325 e. The predicted octanol–water partition coefficient (Wildman–Crippen LogP) is 6.26. The van der Waals surface area contributed by atoms with Crippen molar-refractivity contribution in [3.63, 3.8) is 0 Å². The van der Waals surface area contributed by atoms with Gasteiger partial charge < -0.3 is 5.32 Å². The minimum Gasteiger partial charge on any atom is -0.325 e. The Morgan fingerprint density at radius 3 is 2.33 bits per heavy atom. The third-order valence-electron chi connectivity index (χ3n) is 7.14. The molecule has 0 spiro atoms. The van der Waals surface area contributed by atoms with Gasteiger partial charge in [0.2, 0.25) is 17.7 Å². The molecule has 0 bridgehead atoms. The van der Waals surface area contributed by atoms with E-state index in [1.165, 1.54) is 34.9 Å². The molecule has 1 N–H and O–H groups in total. The lowest BCUT2D eigenvalue weighted by molar-refractivity contribution is -0.137. The van der Waals surface area contributed by atoms with Crippen molar-refractivity contribution in [1.82, 2.24) is 4.57 Å². The van der Waals surface area contributed by atoms with Gasteiger partial charge in [0, 0.05) is 21.0 Å². The summed E-state index contributed by atoms with van der Waals surface area (Å²) in [5.74, 6) is -4.24. The van der Waals surface area contributed by atoms with Gasteiger partial charge in [-0.25, -0.2) is 9.29 Å². The number of fused-ring (bicyclic) bond motifs is 2. The fraction of sp³-hybridized carbons (Fsp3) is 0.172. The predicted molar refractivity (Wildman–Crippen MR) is 157 cm³/mol. The minimum absolute atomic E-state index is 0.200. The van der Waals surface area contributed by atoms with Gasteiger partial charge in [-0.2, -0.15) is 13.2 Å². The Morgan fingerprint density at radius 1 is 0.953 bits per heavy atom. The molecule has 1 fully saturated rings. The zero-order valence-electron chi connectivity index (χ0n) is 21.6. The minimum atomic E-state index is -4.68. The lowest BCUT2D eigenvalue weighted by Crippen LogP contribution is -2.33. The zero-order valence-corrected chi connectivity index (χ0v) is 24.8. The number of nitrogens with zero attached hydrogens (tertiary/aromatic N) is 2. The maximum Gasteiger partial charge on any atom is 0.416 e. The van der Waals surface area contributed by atoms with Gasteiger partial charge in [-0.15, -0.1) is 0 Å². The number of anilines is 2. The van der Waals surface area contributed by atoms with Crippen LogP contribution in [0.25, 0.3) is 0 Å². The summed E-state index contributed by atoms with van der Waals surface area (Å²) in [4.78, 5) is 54.5. The van der Waals surface area contributed by atoms with Gasteiger partial charge in [-0.3, -0.25) is 23.7 Å². The molecule has 4 aromatic rings. The molecular weight excluding hydrogens is 674 g/mol. The number of hydrogen-bond donors (Lipinski definition) is 1. The van der Waals surface area contributed by atoms with Crippen LogP contribution in [0, 0.1) is 11.7 Å². The molecule has 0 radical (unpaired) electrons. The summed E-state index contributed by atoms with van der Waals surface area (Å²) in [6.07, 6.45) is -4.68. The summed E-state index contributed by atoms with van der Waals surface area (Å²) < 4.78 is 55.6. The number of amides is 3. The fourth-order valence-electron chi connectivity index (χ4n) is 5.24. The molecule has 3 atom stereocenters. The molecule has 7 nitrogen and oxygen atoms in total. The number of nitrogens with one attached hydrogen (secondary N) is 1. The summed E-state index contributed by atoms with van der Waals surface area (Å²) in [5, 5.41) is 1.86. The van der Waals surface area contributed by atoms with Crippen molar-refractivity contribution in [1.29, 1.82) is 0 Å². The second-order valence-corrected chi connectivity index (χ2v) is 12.9. The van der Waals surface area contributed by atoms with E-state index in [0.717, 1.165) is 50.7 Å². The number of alkyl halides is 3. The molecule has 0 saturated carbocycles. The average Bonchev–Trinajstić information content (AvgIpc) is 3.40. The average molecular weight is 693 g/mol. The van der Waals surface area contributed by atoms with E-state index in [0.29, 0.717) is 21.2 Å². The van der Waals surface area contributed by atoms with Crippen molar-refractivity contribution in [2.75, 3.05) is 10.2 Å². The molecule has 1 saturated heterocycles. The standard InChI is InChI=1S/C29H18BrF4N3O4S2/c30-16-6-4-14(5-7-16)21-22-23(26(40)37(25(22)39)19-3-1-2-15(12-19)29(32,33)34)42-27-24(21)43-28(41)36(27)13-20(38)35-18-10-8-17(31)9-11-18/h1-12,21-23H,13H2,(H,35,38). The number of thiazole rings is 1. The molecule has 3 unspecified atom stereocenters. The normalized spacial score (nSPS) is 19.7. The van der Waals surface area contributed by atoms with E-state index in [9.17, 15) is 36.7 Å². The second-order valence-electron chi connectivity index (χ2n) is 9.83. The largest absolute Gasteiger partial charge is 0.416 e. The highest BCUT2D eigenvalue weighted by atomic mass is 79.9. The van der Waals surface area contributed by atoms with Crippen molar-refractivity contribution in [2.45, 2.75) is 28.9 Å². The Hall–Kier alpha value is -3.75. The molecule has 14 heteroatoms. The molecular formula is C29H18BrF4N3O4S2. The SMILES string of the molecule is O=C(Cn1c2c(sc1=O)C(c1ccc(Br)cc1)C1C(=O)N(c3cccc(C(F)(F)F)c3)C(=O)C1S2)Nc1ccc(F)cc1. The molecule has 1 aromatic heterocycles. The zero-order chi connectivity index (χ0) is 30.6. The summed E-state index contributed by atoms with van der Waals surface area (Å²) in [7, 11) is 0. The van der Waals surface area contributed by atoms with Gasteiger partial charge in [0.1, 0.15) is 17.6 Å². The quantitative estimate of drug-likeness (QED) is 0.197. The number of carbonyl (C=O) groups is 3. The Balaban J connectivity index is 1.40. The highest BCUT2D eigenvalue weighted by molar-refractivity contribution is 9.10. The van der Waals surface area contributed by atoms with Gasteiger partial charge in [-0.1, -0.05) is 57.2 Å².